The Hall–Kier alpha value is -1.53. The molecule has 5 nitrogen and oxygen atoms in total. The molecule has 0 aromatic carbocycles. The molecule has 7 heteroatoms. The van der Waals surface area contributed by atoms with Gasteiger partial charge < -0.3 is 0 Å². The molecule has 2 aromatic heterocycles. The number of carbonyl (C=O) groups is 1. The fourth-order valence-corrected chi connectivity index (χ4v) is 2.95. The van der Waals surface area contributed by atoms with Crippen LogP contribution < -0.4 is 4.90 Å². The third-order valence-corrected chi connectivity index (χ3v) is 4.50. The van der Waals surface area contributed by atoms with Gasteiger partial charge in [-0.25, -0.2) is 4.68 Å². The number of rotatable bonds is 5. The van der Waals surface area contributed by atoms with Gasteiger partial charge in [0.1, 0.15) is 5.69 Å². The number of thioether (sulfide) groups is 1. The first-order valence-corrected chi connectivity index (χ1v) is 8.49. The van der Waals surface area contributed by atoms with Crippen LogP contribution in [0.5, 0.6) is 0 Å². The summed E-state index contributed by atoms with van der Waals surface area (Å²) in [7, 11) is 0. The van der Waals surface area contributed by atoms with Crippen molar-refractivity contribution in [3.63, 3.8) is 0 Å². The summed E-state index contributed by atoms with van der Waals surface area (Å²) in [5.41, 5.74) is 1.42. The number of aromatic nitrogens is 3. The van der Waals surface area contributed by atoms with Crippen molar-refractivity contribution in [1.82, 2.24) is 14.8 Å². The molecule has 0 saturated heterocycles. The summed E-state index contributed by atoms with van der Waals surface area (Å²) in [6.45, 7) is 6.64. The first-order chi connectivity index (χ1) is 10.5. The van der Waals surface area contributed by atoms with E-state index in [1.165, 1.54) is 11.8 Å². The van der Waals surface area contributed by atoms with Crippen LogP contribution in [0.2, 0.25) is 5.15 Å². The standard InChI is InChI=1S/C15H19ClN4OS/c1-4-19(15(21)22-10-11(2)3)13-9-20(18-14(13)16)12-6-5-7-17-8-12/h5-9,11H,4,10H2,1-3H3. The van der Waals surface area contributed by atoms with Crippen LogP contribution in [0.15, 0.2) is 30.7 Å². The Balaban J connectivity index is 2.23. The molecule has 2 aromatic rings. The van der Waals surface area contributed by atoms with E-state index in [4.69, 9.17) is 11.6 Å². The molecule has 1 amide bonds. The maximum atomic E-state index is 12.4. The van der Waals surface area contributed by atoms with E-state index in [0.717, 1.165) is 11.4 Å². The fraction of sp³-hybridized carbons (Fsp3) is 0.400. The Labute approximate surface area is 139 Å². The molecule has 0 radical (unpaired) electrons. The SMILES string of the molecule is CCN(C(=O)SCC(C)C)c1cn(-c2cccnc2)nc1Cl. The number of pyridine rings is 1. The molecule has 118 valence electrons. The quantitative estimate of drug-likeness (QED) is 0.817. The number of halogens is 1. The number of nitrogens with zero attached hydrogens (tertiary/aromatic N) is 4. The topological polar surface area (TPSA) is 51.0 Å². The minimum atomic E-state index is -0.0103. The maximum absolute atomic E-state index is 12.4. The smallest absolute Gasteiger partial charge is 0.286 e. The molecule has 0 saturated carbocycles. The first-order valence-electron chi connectivity index (χ1n) is 7.12. The van der Waals surface area contributed by atoms with Crippen molar-refractivity contribution in [2.24, 2.45) is 5.92 Å². The van der Waals surface area contributed by atoms with Crippen LogP contribution in [0.3, 0.4) is 0 Å². The van der Waals surface area contributed by atoms with Crippen LogP contribution in [-0.2, 0) is 0 Å². The predicted octanol–water partition coefficient (Wildman–Crippen LogP) is 4.26. The van der Waals surface area contributed by atoms with Crippen molar-refractivity contribution in [1.29, 1.82) is 0 Å². The van der Waals surface area contributed by atoms with Crippen molar-refractivity contribution in [3.8, 4) is 5.69 Å². The number of hydrogen-bond acceptors (Lipinski definition) is 4. The summed E-state index contributed by atoms with van der Waals surface area (Å²) in [5, 5.41) is 4.57. The summed E-state index contributed by atoms with van der Waals surface area (Å²) in [6, 6.07) is 3.71. The van der Waals surface area contributed by atoms with E-state index in [0.29, 0.717) is 23.3 Å². The van der Waals surface area contributed by atoms with E-state index in [-0.39, 0.29) is 5.24 Å². The Morgan fingerprint density at radius 2 is 2.27 bits per heavy atom. The second-order valence-electron chi connectivity index (χ2n) is 5.18. The fourth-order valence-electron chi connectivity index (χ4n) is 1.86. The van der Waals surface area contributed by atoms with Gasteiger partial charge in [-0.3, -0.25) is 14.7 Å². The lowest BCUT2D eigenvalue weighted by molar-refractivity contribution is 0.265. The minimum absolute atomic E-state index is 0.0103. The summed E-state index contributed by atoms with van der Waals surface area (Å²) < 4.78 is 1.63. The van der Waals surface area contributed by atoms with E-state index in [1.54, 1.807) is 28.2 Å². The highest BCUT2D eigenvalue weighted by Gasteiger charge is 2.20. The average molecular weight is 339 g/mol. The third kappa shape index (κ3) is 4.01. The summed E-state index contributed by atoms with van der Waals surface area (Å²) in [5.74, 6) is 1.24. The van der Waals surface area contributed by atoms with Crippen LogP contribution in [0.1, 0.15) is 20.8 Å². The second kappa shape index (κ2) is 7.65. The van der Waals surface area contributed by atoms with Gasteiger partial charge in [0.2, 0.25) is 0 Å². The molecule has 0 atom stereocenters. The van der Waals surface area contributed by atoms with Crippen molar-refractivity contribution in [3.05, 3.63) is 35.9 Å². The third-order valence-electron chi connectivity index (χ3n) is 2.93. The highest BCUT2D eigenvalue weighted by molar-refractivity contribution is 8.13. The number of anilines is 1. The van der Waals surface area contributed by atoms with Crippen LogP contribution in [0, 0.1) is 5.92 Å². The van der Waals surface area contributed by atoms with Gasteiger partial charge in [-0.15, -0.1) is 0 Å². The van der Waals surface area contributed by atoms with E-state index in [2.05, 4.69) is 23.9 Å². The second-order valence-corrected chi connectivity index (χ2v) is 6.51. The first kappa shape index (κ1) is 16.8. The van der Waals surface area contributed by atoms with Crippen LogP contribution in [-0.4, -0.2) is 32.3 Å². The number of amides is 1. The molecular weight excluding hydrogens is 320 g/mol. The zero-order chi connectivity index (χ0) is 16.1. The summed E-state index contributed by atoms with van der Waals surface area (Å²) >= 11 is 7.52. The van der Waals surface area contributed by atoms with Gasteiger partial charge in [0, 0.05) is 18.5 Å². The molecule has 22 heavy (non-hydrogen) atoms. The predicted molar refractivity (Wildman–Crippen MR) is 92.1 cm³/mol. The Morgan fingerprint density at radius 3 is 2.86 bits per heavy atom. The molecule has 0 spiro atoms. The molecule has 0 aliphatic carbocycles. The van der Waals surface area contributed by atoms with Crippen molar-refractivity contribution < 1.29 is 4.79 Å². The van der Waals surface area contributed by atoms with Gasteiger partial charge in [-0.2, -0.15) is 5.10 Å². The number of carbonyl (C=O) groups excluding carboxylic acids is 1. The van der Waals surface area contributed by atoms with Crippen molar-refractivity contribution in [2.45, 2.75) is 20.8 Å². The van der Waals surface area contributed by atoms with E-state index in [9.17, 15) is 4.79 Å². The maximum Gasteiger partial charge on any atom is 0.286 e. The van der Waals surface area contributed by atoms with Gasteiger partial charge in [0.15, 0.2) is 5.15 Å². The molecule has 2 heterocycles. The van der Waals surface area contributed by atoms with E-state index in [1.807, 2.05) is 19.1 Å². The van der Waals surface area contributed by atoms with E-state index >= 15 is 0 Å². The molecule has 0 fully saturated rings. The van der Waals surface area contributed by atoms with Gasteiger partial charge >= 0.3 is 0 Å². The lowest BCUT2D eigenvalue weighted by Gasteiger charge is -2.19. The Morgan fingerprint density at radius 1 is 1.50 bits per heavy atom. The minimum Gasteiger partial charge on any atom is -0.299 e. The number of hydrogen-bond donors (Lipinski definition) is 0. The van der Waals surface area contributed by atoms with Crippen LogP contribution in [0.25, 0.3) is 5.69 Å². The molecular formula is C15H19ClN4OS. The summed E-state index contributed by atoms with van der Waals surface area (Å²) in [4.78, 5) is 18.1. The highest BCUT2D eigenvalue weighted by atomic mass is 35.5. The van der Waals surface area contributed by atoms with Crippen molar-refractivity contribution in [2.75, 3.05) is 17.2 Å². The molecule has 0 bridgehead atoms. The van der Waals surface area contributed by atoms with Crippen LogP contribution >= 0.6 is 23.4 Å². The lowest BCUT2D eigenvalue weighted by Crippen LogP contribution is -2.27. The zero-order valence-corrected chi connectivity index (χ0v) is 14.4. The van der Waals surface area contributed by atoms with Gasteiger partial charge in [0.25, 0.3) is 5.24 Å². The van der Waals surface area contributed by atoms with Gasteiger partial charge in [-0.05, 0) is 25.0 Å². The molecule has 2 rings (SSSR count). The van der Waals surface area contributed by atoms with Crippen molar-refractivity contribution >= 4 is 34.3 Å². The Kier molecular flexibility index (Phi) is 5.85. The van der Waals surface area contributed by atoms with Gasteiger partial charge in [-0.1, -0.05) is 37.2 Å². The highest BCUT2D eigenvalue weighted by Crippen LogP contribution is 2.28. The normalized spacial score (nSPS) is 11.0. The molecule has 0 aliphatic rings. The van der Waals surface area contributed by atoms with E-state index < -0.39 is 0 Å². The molecule has 0 N–H and O–H groups in total. The Bertz CT molecular complexity index is 630. The molecule has 0 unspecified atom stereocenters. The van der Waals surface area contributed by atoms with Crippen LogP contribution in [0.4, 0.5) is 10.5 Å². The zero-order valence-electron chi connectivity index (χ0n) is 12.9. The monoisotopic (exact) mass is 338 g/mol. The van der Waals surface area contributed by atoms with Gasteiger partial charge in [0.05, 0.1) is 18.1 Å². The summed E-state index contributed by atoms with van der Waals surface area (Å²) in [6.07, 6.45) is 5.15. The lowest BCUT2D eigenvalue weighted by atomic mass is 10.3. The average Bonchev–Trinajstić information content (AvgIpc) is 2.89. The molecule has 0 aliphatic heterocycles. The largest absolute Gasteiger partial charge is 0.299 e.